The molecule has 2 rings (SSSR count). The van der Waals surface area contributed by atoms with Gasteiger partial charge in [-0.2, -0.15) is 0 Å². The predicted molar refractivity (Wildman–Crippen MR) is 90.0 cm³/mol. The van der Waals surface area contributed by atoms with E-state index in [0.717, 1.165) is 12.2 Å². The Labute approximate surface area is 130 Å². The number of thiophene rings is 1. The Morgan fingerprint density at radius 1 is 1.14 bits per heavy atom. The third kappa shape index (κ3) is 3.86. The van der Waals surface area contributed by atoms with Crippen LogP contribution in [0.4, 0.5) is 5.69 Å². The molecule has 114 valence electrons. The first-order valence-corrected chi connectivity index (χ1v) is 9.49. The van der Waals surface area contributed by atoms with Gasteiger partial charge in [0.05, 0.1) is 10.6 Å². The molecule has 5 heteroatoms. The number of hydrogen-bond acceptors (Lipinski definition) is 4. The first kappa shape index (κ1) is 16.0. The van der Waals surface area contributed by atoms with Gasteiger partial charge in [-0.3, -0.25) is 0 Å². The average molecular weight is 323 g/mol. The van der Waals surface area contributed by atoms with E-state index >= 15 is 0 Å². The fraction of sp³-hybridized carbons (Fsp3) is 0.375. The van der Waals surface area contributed by atoms with Gasteiger partial charge in [-0.25, -0.2) is 8.42 Å². The molecule has 0 unspecified atom stereocenters. The lowest BCUT2D eigenvalue weighted by atomic mass is 9.91. The first-order chi connectivity index (χ1) is 9.85. The van der Waals surface area contributed by atoms with E-state index in [1.165, 1.54) is 4.88 Å². The molecule has 2 aromatic rings. The highest BCUT2D eigenvalue weighted by Gasteiger charge is 2.21. The lowest BCUT2D eigenvalue weighted by molar-refractivity contribution is 0.569. The molecule has 0 fully saturated rings. The molecule has 0 aliphatic heterocycles. The van der Waals surface area contributed by atoms with Crippen LogP contribution in [0.5, 0.6) is 0 Å². The standard InChI is InChI=1S/C16H21NO2S2/c1-4-21(18,19)14-9-7-13(8-10-14)17-12-16(2,3)15-6-5-11-20-15/h5-11,17H,4,12H2,1-3H3. The maximum absolute atomic E-state index is 11.8. The minimum Gasteiger partial charge on any atom is -0.384 e. The summed E-state index contributed by atoms with van der Waals surface area (Å²) < 4.78 is 23.5. The van der Waals surface area contributed by atoms with Gasteiger partial charge in [0.2, 0.25) is 0 Å². The topological polar surface area (TPSA) is 46.2 Å². The van der Waals surface area contributed by atoms with Crippen molar-refractivity contribution in [2.24, 2.45) is 0 Å². The molecule has 1 aromatic heterocycles. The number of benzene rings is 1. The maximum atomic E-state index is 11.8. The van der Waals surface area contributed by atoms with Gasteiger partial charge in [0.1, 0.15) is 0 Å². The van der Waals surface area contributed by atoms with Gasteiger partial charge in [0, 0.05) is 22.5 Å². The van der Waals surface area contributed by atoms with Crippen molar-refractivity contribution in [1.29, 1.82) is 0 Å². The van der Waals surface area contributed by atoms with Crippen molar-refractivity contribution in [2.75, 3.05) is 17.6 Å². The number of sulfone groups is 1. The Balaban J connectivity index is 2.05. The van der Waals surface area contributed by atoms with E-state index in [2.05, 4.69) is 36.7 Å². The van der Waals surface area contributed by atoms with Gasteiger partial charge < -0.3 is 5.32 Å². The average Bonchev–Trinajstić information content (AvgIpc) is 3.01. The van der Waals surface area contributed by atoms with Crippen LogP contribution in [-0.4, -0.2) is 20.7 Å². The molecule has 0 saturated carbocycles. The molecule has 0 saturated heterocycles. The molecule has 3 nitrogen and oxygen atoms in total. The minimum absolute atomic E-state index is 0.0440. The van der Waals surface area contributed by atoms with Crippen molar-refractivity contribution in [2.45, 2.75) is 31.1 Å². The summed E-state index contributed by atoms with van der Waals surface area (Å²) in [6.07, 6.45) is 0. The maximum Gasteiger partial charge on any atom is 0.178 e. The molecule has 1 N–H and O–H groups in total. The molecular formula is C16H21NO2S2. The van der Waals surface area contributed by atoms with Crippen LogP contribution >= 0.6 is 11.3 Å². The molecule has 1 heterocycles. The lowest BCUT2D eigenvalue weighted by Crippen LogP contribution is -2.26. The van der Waals surface area contributed by atoms with Crippen molar-refractivity contribution >= 4 is 26.9 Å². The summed E-state index contributed by atoms with van der Waals surface area (Å²) in [5, 5.41) is 5.47. The molecular weight excluding hydrogens is 302 g/mol. The van der Waals surface area contributed by atoms with Crippen LogP contribution in [0.3, 0.4) is 0 Å². The zero-order valence-corrected chi connectivity index (χ0v) is 14.2. The molecule has 1 aromatic carbocycles. The van der Waals surface area contributed by atoms with Crippen LogP contribution in [-0.2, 0) is 15.3 Å². The highest BCUT2D eigenvalue weighted by Crippen LogP contribution is 2.28. The zero-order valence-electron chi connectivity index (χ0n) is 12.6. The van der Waals surface area contributed by atoms with Crippen LogP contribution in [0, 0.1) is 0 Å². The van der Waals surface area contributed by atoms with Crippen molar-refractivity contribution in [3.8, 4) is 0 Å². The fourth-order valence-corrected chi connectivity index (χ4v) is 3.76. The van der Waals surface area contributed by atoms with E-state index < -0.39 is 9.84 Å². The normalized spacial score (nSPS) is 12.3. The molecule has 21 heavy (non-hydrogen) atoms. The number of hydrogen-bond donors (Lipinski definition) is 1. The first-order valence-electron chi connectivity index (χ1n) is 6.96. The lowest BCUT2D eigenvalue weighted by Gasteiger charge is -2.24. The second kappa shape index (κ2) is 6.20. The Morgan fingerprint density at radius 3 is 2.33 bits per heavy atom. The van der Waals surface area contributed by atoms with Crippen molar-refractivity contribution < 1.29 is 8.42 Å². The van der Waals surface area contributed by atoms with Crippen molar-refractivity contribution in [3.05, 3.63) is 46.7 Å². The Hall–Kier alpha value is -1.33. The monoisotopic (exact) mass is 323 g/mol. The van der Waals surface area contributed by atoms with Gasteiger partial charge >= 0.3 is 0 Å². The Bertz CT molecular complexity index is 672. The van der Waals surface area contributed by atoms with E-state index in [1.807, 2.05) is 12.1 Å². The number of nitrogens with one attached hydrogen (secondary N) is 1. The molecule has 0 amide bonds. The quantitative estimate of drug-likeness (QED) is 0.876. The SMILES string of the molecule is CCS(=O)(=O)c1ccc(NCC(C)(C)c2cccs2)cc1. The highest BCUT2D eigenvalue weighted by molar-refractivity contribution is 7.91. The highest BCUT2D eigenvalue weighted by atomic mass is 32.2. The van der Waals surface area contributed by atoms with Crippen molar-refractivity contribution in [1.82, 2.24) is 0 Å². The predicted octanol–water partition coefficient (Wildman–Crippen LogP) is 3.93. The van der Waals surface area contributed by atoms with E-state index in [1.54, 1.807) is 30.4 Å². The molecule has 0 aliphatic rings. The molecule has 0 radical (unpaired) electrons. The summed E-state index contributed by atoms with van der Waals surface area (Å²) in [5.41, 5.74) is 0.984. The summed E-state index contributed by atoms with van der Waals surface area (Å²) >= 11 is 1.75. The van der Waals surface area contributed by atoms with Gasteiger partial charge in [0.25, 0.3) is 0 Å². The van der Waals surface area contributed by atoms with Gasteiger partial charge in [-0.1, -0.05) is 26.8 Å². The van der Waals surface area contributed by atoms with Crippen molar-refractivity contribution in [3.63, 3.8) is 0 Å². The molecule has 0 aliphatic carbocycles. The summed E-state index contributed by atoms with van der Waals surface area (Å²) in [7, 11) is -3.12. The number of anilines is 1. The fourth-order valence-electron chi connectivity index (χ4n) is 2.02. The Morgan fingerprint density at radius 2 is 1.81 bits per heavy atom. The largest absolute Gasteiger partial charge is 0.384 e. The van der Waals surface area contributed by atoms with E-state index in [4.69, 9.17) is 0 Å². The minimum atomic E-state index is -3.12. The third-order valence-electron chi connectivity index (χ3n) is 3.52. The van der Waals surface area contributed by atoms with E-state index in [-0.39, 0.29) is 11.2 Å². The molecule has 0 atom stereocenters. The summed E-state index contributed by atoms with van der Waals surface area (Å²) in [6, 6.07) is 11.2. The van der Waals surface area contributed by atoms with Crippen LogP contribution in [0.1, 0.15) is 25.6 Å². The summed E-state index contributed by atoms with van der Waals surface area (Å²) in [6.45, 7) is 6.85. The molecule has 0 bridgehead atoms. The second-order valence-electron chi connectivity index (χ2n) is 5.64. The zero-order chi connectivity index (χ0) is 15.5. The molecule has 0 spiro atoms. The third-order valence-corrected chi connectivity index (χ3v) is 6.50. The Kier molecular flexibility index (Phi) is 4.74. The van der Waals surface area contributed by atoms with E-state index in [9.17, 15) is 8.42 Å². The van der Waals surface area contributed by atoms with E-state index in [0.29, 0.717) is 4.90 Å². The number of rotatable bonds is 6. The van der Waals surface area contributed by atoms with Gasteiger partial charge in [-0.15, -0.1) is 11.3 Å². The van der Waals surface area contributed by atoms with Crippen LogP contribution < -0.4 is 5.32 Å². The summed E-state index contributed by atoms with van der Waals surface area (Å²) in [5.74, 6) is 0.130. The summed E-state index contributed by atoms with van der Waals surface area (Å²) in [4.78, 5) is 1.72. The van der Waals surface area contributed by atoms with Crippen LogP contribution in [0.15, 0.2) is 46.7 Å². The van der Waals surface area contributed by atoms with Crippen LogP contribution in [0.2, 0.25) is 0 Å². The van der Waals surface area contributed by atoms with Gasteiger partial charge in [-0.05, 0) is 35.7 Å². The van der Waals surface area contributed by atoms with Gasteiger partial charge in [0.15, 0.2) is 9.84 Å². The smallest absolute Gasteiger partial charge is 0.178 e. The van der Waals surface area contributed by atoms with Crippen LogP contribution in [0.25, 0.3) is 0 Å². The second-order valence-corrected chi connectivity index (χ2v) is 8.87.